The average Bonchev–Trinajstić information content (AvgIpc) is 3.56. The number of anilines is 1. The molecule has 0 unspecified atom stereocenters. The van der Waals surface area contributed by atoms with Gasteiger partial charge in [0.1, 0.15) is 34.3 Å². The molecule has 43 heavy (non-hydrogen) atoms. The lowest BCUT2D eigenvalue weighted by Crippen LogP contribution is -2.25. The molecule has 4 heterocycles. The first-order chi connectivity index (χ1) is 20.9. The van der Waals surface area contributed by atoms with Crippen LogP contribution in [0.1, 0.15) is 15.4 Å². The molecule has 0 radical (unpaired) electrons. The second kappa shape index (κ2) is 11.4. The zero-order valence-corrected chi connectivity index (χ0v) is 24.5. The van der Waals surface area contributed by atoms with Crippen LogP contribution in [0.3, 0.4) is 0 Å². The molecule has 1 N–H and O–H groups in total. The van der Waals surface area contributed by atoms with Gasteiger partial charge < -0.3 is 19.5 Å². The van der Waals surface area contributed by atoms with Crippen LogP contribution in [0.2, 0.25) is 0 Å². The van der Waals surface area contributed by atoms with E-state index in [1.807, 2.05) is 30.5 Å². The van der Waals surface area contributed by atoms with Crippen molar-refractivity contribution < 1.29 is 19.0 Å². The van der Waals surface area contributed by atoms with Crippen LogP contribution in [-0.2, 0) is 7.05 Å². The summed E-state index contributed by atoms with van der Waals surface area (Å²) in [6.45, 7) is 1.87. The summed E-state index contributed by atoms with van der Waals surface area (Å²) in [7, 11) is 4.85. The fourth-order valence-electron chi connectivity index (χ4n) is 4.79. The number of methoxy groups -OCH3 is 2. The topological polar surface area (TPSA) is 122 Å². The van der Waals surface area contributed by atoms with Crippen LogP contribution in [0.4, 0.5) is 5.82 Å². The highest BCUT2D eigenvalue weighted by molar-refractivity contribution is 7.09. The molecule has 1 amide bonds. The Bertz CT molecular complexity index is 2020. The lowest BCUT2D eigenvalue weighted by molar-refractivity contribution is 0.102. The molecule has 0 aliphatic carbocycles. The van der Waals surface area contributed by atoms with E-state index < -0.39 is 11.5 Å². The number of aromatic nitrogens is 5. The van der Waals surface area contributed by atoms with Gasteiger partial charge in [-0.05, 0) is 43.3 Å². The van der Waals surface area contributed by atoms with E-state index in [1.165, 1.54) is 22.2 Å². The molecule has 216 valence electrons. The van der Waals surface area contributed by atoms with Gasteiger partial charge in [0, 0.05) is 30.1 Å². The lowest BCUT2D eigenvalue weighted by atomic mass is 10.2. The number of benzene rings is 2. The summed E-state index contributed by atoms with van der Waals surface area (Å²) in [5, 5.41) is 6.13. The number of nitrogens with zero attached hydrogens (tertiary/aromatic N) is 5. The number of amides is 1. The molecule has 6 rings (SSSR count). The molecule has 0 atom stereocenters. The van der Waals surface area contributed by atoms with Crippen molar-refractivity contribution in [3.8, 4) is 40.1 Å². The number of hydrogen-bond donors (Lipinski definition) is 1. The Morgan fingerprint density at radius 2 is 1.72 bits per heavy atom. The fourth-order valence-corrected chi connectivity index (χ4v) is 5.39. The van der Waals surface area contributed by atoms with Crippen molar-refractivity contribution in [2.75, 3.05) is 19.5 Å². The summed E-state index contributed by atoms with van der Waals surface area (Å²) < 4.78 is 20.0. The number of hydrogen-bond acceptors (Lipinski definition) is 9. The number of ether oxygens (including phenoxy) is 3. The molecule has 0 fully saturated rings. The molecule has 0 saturated carbocycles. The van der Waals surface area contributed by atoms with Crippen molar-refractivity contribution in [1.82, 2.24) is 24.3 Å². The predicted octanol–water partition coefficient (Wildman–Crippen LogP) is 5.61. The first-order valence-corrected chi connectivity index (χ1v) is 14.0. The molecule has 0 spiro atoms. The van der Waals surface area contributed by atoms with E-state index in [0.29, 0.717) is 45.6 Å². The normalized spacial score (nSPS) is 11.0. The summed E-state index contributed by atoms with van der Waals surface area (Å²) in [6.07, 6.45) is 3.12. The van der Waals surface area contributed by atoms with Crippen molar-refractivity contribution >= 4 is 34.0 Å². The van der Waals surface area contributed by atoms with Crippen molar-refractivity contribution in [3.05, 3.63) is 99.4 Å². The summed E-state index contributed by atoms with van der Waals surface area (Å²) in [4.78, 5) is 40.6. The van der Waals surface area contributed by atoms with Crippen LogP contribution in [0, 0.1) is 6.92 Å². The standard InChI is InChI=1S/C31H26N6O5S/c1-18-34-23(17-43-18)29-28(31(39)37(36(29)2)19-8-6-5-7-9-19)30(38)35-27-11-10-20(16-33-27)42-24-12-13-32-22-15-26(41-4)25(40-3)14-21(22)24/h5-17H,1-4H3,(H,33,35,38). The van der Waals surface area contributed by atoms with Crippen molar-refractivity contribution in [1.29, 1.82) is 0 Å². The molecule has 6 aromatic rings. The molecule has 4 aromatic heterocycles. The van der Waals surface area contributed by atoms with Gasteiger partial charge in [-0.1, -0.05) is 18.2 Å². The monoisotopic (exact) mass is 594 g/mol. The van der Waals surface area contributed by atoms with Gasteiger partial charge in [0.25, 0.3) is 11.5 Å². The van der Waals surface area contributed by atoms with E-state index >= 15 is 0 Å². The molecule has 0 saturated heterocycles. The maximum Gasteiger partial charge on any atom is 0.285 e. The van der Waals surface area contributed by atoms with Crippen LogP contribution in [0.15, 0.2) is 83.2 Å². The van der Waals surface area contributed by atoms with E-state index in [4.69, 9.17) is 14.2 Å². The highest BCUT2D eigenvalue weighted by Crippen LogP contribution is 2.37. The zero-order valence-electron chi connectivity index (χ0n) is 23.7. The smallest absolute Gasteiger partial charge is 0.285 e. The highest BCUT2D eigenvalue weighted by Gasteiger charge is 2.27. The van der Waals surface area contributed by atoms with Gasteiger partial charge >= 0.3 is 0 Å². The Labute approximate surface area is 249 Å². The maximum absolute atomic E-state index is 13.7. The summed E-state index contributed by atoms with van der Waals surface area (Å²) in [5.74, 6) is 1.73. The summed E-state index contributed by atoms with van der Waals surface area (Å²) in [6, 6.07) is 17.7. The Balaban J connectivity index is 1.30. The van der Waals surface area contributed by atoms with Gasteiger partial charge in [-0.3, -0.25) is 19.3 Å². The molecule has 12 heteroatoms. The van der Waals surface area contributed by atoms with Gasteiger partial charge in [0.15, 0.2) is 11.5 Å². The first kappa shape index (κ1) is 27.7. The molecular formula is C31H26N6O5S. The average molecular weight is 595 g/mol. The van der Waals surface area contributed by atoms with E-state index in [0.717, 1.165) is 10.4 Å². The van der Waals surface area contributed by atoms with Crippen LogP contribution in [0.5, 0.6) is 23.0 Å². The number of carbonyl (C=O) groups is 1. The molecular weight excluding hydrogens is 568 g/mol. The highest BCUT2D eigenvalue weighted by atomic mass is 32.1. The number of para-hydroxylation sites is 1. The second-order valence-corrected chi connectivity index (χ2v) is 10.5. The lowest BCUT2D eigenvalue weighted by Gasteiger charge is -2.12. The van der Waals surface area contributed by atoms with Gasteiger partial charge in [-0.15, -0.1) is 11.3 Å². The first-order valence-electron chi connectivity index (χ1n) is 13.1. The minimum Gasteiger partial charge on any atom is -0.493 e. The SMILES string of the molecule is COc1cc2nccc(Oc3ccc(NC(=O)c4c(-c5csc(C)n5)n(C)n(-c5ccccc5)c4=O)nc3)c2cc1OC. The molecule has 11 nitrogen and oxygen atoms in total. The van der Waals surface area contributed by atoms with Crippen LogP contribution >= 0.6 is 11.3 Å². The van der Waals surface area contributed by atoms with Crippen molar-refractivity contribution in [3.63, 3.8) is 0 Å². The maximum atomic E-state index is 13.7. The van der Waals surface area contributed by atoms with E-state index in [9.17, 15) is 9.59 Å². The van der Waals surface area contributed by atoms with Crippen molar-refractivity contribution in [2.24, 2.45) is 7.05 Å². The number of rotatable bonds is 8. The number of nitrogens with one attached hydrogen (secondary N) is 1. The Kier molecular flexibility index (Phi) is 7.34. The van der Waals surface area contributed by atoms with Gasteiger partial charge in [-0.25, -0.2) is 14.6 Å². The zero-order chi connectivity index (χ0) is 30.1. The quantitative estimate of drug-likeness (QED) is 0.241. The molecule has 0 aliphatic heterocycles. The molecule has 0 aliphatic rings. The van der Waals surface area contributed by atoms with Crippen LogP contribution in [0.25, 0.3) is 28.0 Å². The number of fused-ring (bicyclic) bond motifs is 1. The Hall–Kier alpha value is -5.49. The second-order valence-electron chi connectivity index (χ2n) is 9.42. The Morgan fingerprint density at radius 3 is 2.40 bits per heavy atom. The largest absolute Gasteiger partial charge is 0.493 e. The van der Waals surface area contributed by atoms with E-state index in [1.54, 1.807) is 74.6 Å². The third-order valence-electron chi connectivity index (χ3n) is 6.77. The third-order valence-corrected chi connectivity index (χ3v) is 7.54. The van der Waals surface area contributed by atoms with Crippen molar-refractivity contribution in [2.45, 2.75) is 6.92 Å². The predicted molar refractivity (Wildman–Crippen MR) is 164 cm³/mol. The number of pyridine rings is 2. The number of aryl methyl sites for hydroxylation is 1. The summed E-state index contributed by atoms with van der Waals surface area (Å²) in [5.41, 5.74) is 1.74. The molecule has 0 bridgehead atoms. The minimum absolute atomic E-state index is 0.0357. The minimum atomic E-state index is -0.599. The fraction of sp³-hybridized carbons (Fsp3) is 0.129. The number of thiazole rings is 1. The van der Waals surface area contributed by atoms with E-state index in [2.05, 4.69) is 20.3 Å². The third kappa shape index (κ3) is 5.19. The summed E-state index contributed by atoms with van der Waals surface area (Å²) >= 11 is 1.44. The van der Waals surface area contributed by atoms with Crippen LogP contribution in [-0.4, -0.2) is 44.4 Å². The van der Waals surface area contributed by atoms with Gasteiger partial charge in [0.2, 0.25) is 0 Å². The van der Waals surface area contributed by atoms with Crippen LogP contribution < -0.4 is 25.1 Å². The van der Waals surface area contributed by atoms with Gasteiger partial charge in [0.05, 0.1) is 36.6 Å². The van der Waals surface area contributed by atoms with Gasteiger partial charge in [-0.2, -0.15) is 0 Å². The number of carbonyl (C=O) groups excluding carboxylic acids is 1. The Morgan fingerprint density at radius 1 is 0.953 bits per heavy atom. The molecule has 2 aromatic carbocycles. The van der Waals surface area contributed by atoms with E-state index in [-0.39, 0.29) is 11.4 Å².